The molecule has 0 atom stereocenters. The van der Waals surface area contributed by atoms with Crippen molar-refractivity contribution in [3.05, 3.63) is 46.8 Å². The molecule has 0 unspecified atom stereocenters. The highest BCUT2D eigenvalue weighted by atomic mass is 16.5. The number of likely N-dealkylation sites (N-methyl/N-ethyl adjacent to an activating group) is 1. The number of nitrogens with one attached hydrogen (secondary N) is 1. The van der Waals surface area contributed by atoms with Crippen LogP contribution in [0, 0.1) is 6.92 Å². The molecule has 5 rings (SSSR count). The summed E-state index contributed by atoms with van der Waals surface area (Å²) >= 11 is 0. The van der Waals surface area contributed by atoms with Crippen LogP contribution in [-0.2, 0) is 19.9 Å². The summed E-state index contributed by atoms with van der Waals surface area (Å²) in [5, 5.41) is 3.37. The van der Waals surface area contributed by atoms with Gasteiger partial charge in [-0.1, -0.05) is 6.07 Å². The molecule has 0 spiro atoms. The summed E-state index contributed by atoms with van der Waals surface area (Å²) < 4.78 is 7.85. The molecule has 9 nitrogen and oxygen atoms in total. The molecule has 2 aliphatic rings. The number of amides is 1. The van der Waals surface area contributed by atoms with Gasteiger partial charge in [-0.25, -0.2) is 9.97 Å². The second kappa shape index (κ2) is 8.64. The number of ether oxygens (including phenoxy) is 1. The molecule has 1 amide bonds. The molecular formula is C25H31N7O2. The van der Waals surface area contributed by atoms with Crippen LogP contribution < -0.4 is 20.7 Å². The van der Waals surface area contributed by atoms with Crippen LogP contribution in [0.3, 0.4) is 0 Å². The van der Waals surface area contributed by atoms with Gasteiger partial charge in [-0.15, -0.1) is 0 Å². The summed E-state index contributed by atoms with van der Waals surface area (Å²) in [5.74, 6) is 0.871. The Morgan fingerprint density at radius 2 is 1.91 bits per heavy atom. The number of nitrogens with two attached hydrogens (primary N) is 1. The fraction of sp³-hybridized carbons (Fsp3) is 0.400. The average molecular weight is 462 g/mol. The van der Waals surface area contributed by atoms with Gasteiger partial charge in [0, 0.05) is 45.1 Å². The molecule has 1 saturated heterocycles. The highest BCUT2D eigenvalue weighted by Gasteiger charge is 2.29. The van der Waals surface area contributed by atoms with E-state index in [0.29, 0.717) is 11.5 Å². The van der Waals surface area contributed by atoms with Crippen molar-refractivity contribution in [1.29, 1.82) is 0 Å². The lowest BCUT2D eigenvalue weighted by molar-refractivity contribution is 0.0999. The zero-order valence-corrected chi connectivity index (χ0v) is 20.2. The maximum atomic E-state index is 12.1. The van der Waals surface area contributed by atoms with Crippen LogP contribution in [0.4, 0.5) is 17.3 Å². The van der Waals surface area contributed by atoms with Crippen LogP contribution in [-0.4, -0.2) is 65.7 Å². The zero-order valence-electron chi connectivity index (χ0n) is 20.2. The number of nitrogens with zero attached hydrogens (tertiary/aromatic N) is 5. The number of anilines is 3. The van der Waals surface area contributed by atoms with Crippen molar-refractivity contribution >= 4 is 23.2 Å². The first kappa shape index (κ1) is 22.2. The molecule has 3 heterocycles. The third-order valence-electron chi connectivity index (χ3n) is 7.06. The van der Waals surface area contributed by atoms with E-state index >= 15 is 0 Å². The lowest BCUT2D eigenvalue weighted by Gasteiger charge is -2.35. The average Bonchev–Trinajstić information content (AvgIpc) is 3.09. The molecule has 2 aromatic heterocycles. The van der Waals surface area contributed by atoms with Crippen molar-refractivity contribution < 1.29 is 9.53 Å². The zero-order chi connectivity index (χ0) is 24.0. The van der Waals surface area contributed by atoms with Crippen molar-refractivity contribution in [3.63, 3.8) is 0 Å². The highest BCUT2D eigenvalue weighted by Crippen LogP contribution is 2.39. The van der Waals surface area contributed by atoms with Crippen molar-refractivity contribution in [1.82, 2.24) is 19.4 Å². The van der Waals surface area contributed by atoms with Crippen LogP contribution in [0.1, 0.15) is 27.2 Å². The Hall–Kier alpha value is -3.59. The molecule has 0 saturated carbocycles. The first-order valence-corrected chi connectivity index (χ1v) is 11.6. The molecule has 0 bridgehead atoms. The van der Waals surface area contributed by atoms with Gasteiger partial charge in [0.1, 0.15) is 0 Å². The smallest absolute Gasteiger partial charge is 0.250 e. The molecule has 3 aromatic rings. The first-order chi connectivity index (χ1) is 16.4. The second-order valence-electron chi connectivity index (χ2n) is 9.05. The minimum atomic E-state index is -0.393. The van der Waals surface area contributed by atoms with Crippen LogP contribution in [0.2, 0.25) is 0 Å². The Labute approximate surface area is 199 Å². The summed E-state index contributed by atoms with van der Waals surface area (Å²) in [7, 11) is 5.79. The molecule has 3 N–H and O–H groups in total. The Bertz CT molecular complexity index is 1260. The van der Waals surface area contributed by atoms with Crippen LogP contribution in [0.25, 0.3) is 11.4 Å². The standard InChI is InChI=1S/C25H31N7O2/c1-15-20(24(26)33)17-9-8-16-14-27-25(29-21(16)22(17)31(15)3)28-18-6-5-7-19(23(18)34-4)32-12-10-30(2)11-13-32/h5-7,14H,8-13H2,1-4H3,(H2,26,33)(H,27,28,29). The lowest BCUT2D eigenvalue weighted by Crippen LogP contribution is -2.44. The topological polar surface area (TPSA) is 102 Å². The number of aryl methyl sites for hydroxylation is 1. The molecule has 0 radical (unpaired) electrons. The second-order valence-corrected chi connectivity index (χ2v) is 9.05. The van der Waals surface area contributed by atoms with Gasteiger partial charge in [0.25, 0.3) is 5.91 Å². The number of carbonyl (C=O) groups excluding carboxylic acids is 1. The number of hydrogen-bond donors (Lipinski definition) is 2. The van der Waals surface area contributed by atoms with E-state index in [2.05, 4.69) is 33.2 Å². The Kier molecular flexibility index (Phi) is 5.65. The van der Waals surface area contributed by atoms with Gasteiger partial charge in [-0.3, -0.25) is 4.79 Å². The largest absolute Gasteiger partial charge is 0.492 e. The third kappa shape index (κ3) is 3.66. The number of fused-ring (bicyclic) bond motifs is 3. The predicted molar refractivity (Wildman–Crippen MR) is 133 cm³/mol. The van der Waals surface area contributed by atoms with Crippen LogP contribution >= 0.6 is 0 Å². The van der Waals surface area contributed by atoms with Crippen molar-refractivity contribution in [2.75, 3.05) is 50.6 Å². The van der Waals surface area contributed by atoms with E-state index in [1.807, 2.05) is 36.9 Å². The molecular weight excluding hydrogens is 430 g/mol. The van der Waals surface area contributed by atoms with E-state index in [0.717, 1.165) is 84.4 Å². The van der Waals surface area contributed by atoms with Crippen molar-refractivity contribution in [3.8, 4) is 17.1 Å². The maximum Gasteiger partial charge on any atom is 0.250 e. The quantitative estimate of drug-likeness (QED) is 0.602. The molecule has 34 heavy (non-hydrogen) atoms. The molecule has 1 aliphatic carbocycles. The molecule has 1 aromatic carbocycles. The third-order valence-corrected chi connectivity index (χ3v) is 7.06. The monoisotopic (exact) mass is 461 g/mol. The predicted octanol–water partition coefficient (Wildman–Crippen LogP) is 2.49. The van der Waals surface area contributed by atoms with Crippen LogP contribution in [0.15, 0.2) is 24.4 Å². The Balaban J connectivity index is 1.51. The number of benzene rings is 1. The summed E-state index contributed by atoms with van der Waals surface area (Å²) in [5.41, 5.74) is 12.9. The van der Waals surface area contributed by atoms with E-state index in [1.54, 1.807) is 7.11 Å². The molecule has 178 valence electrons. The number of para-hydroxylation sites is 1. The van der Waals surface area contributed by atoms with E-state index in [4.69, 9.17) is 15.5 Å². The van der Waals surface area contributed by atoms with Gasteiger partial charge >= 0.3 is 0 Å². The number of methoxy groups -OCH3 is 1. The summed E-state index contributed by atoms with van der Waals surface area (Å²) in [6.07, 6.45) is 3.39. The number of hydrogen-bond acceptors (Lipinski definition) is 7. The van der Waals surface area contributed by atoms with E-state index in [1.165, 1.54) is 0 Å². The van der Waals surface area contributed by atoms with E-state index in [9.17, 15) is 4.79 Å². The van der Waals surface area contributed by atoms with Gasteiger partial charge in [0.15, 0.2) is 5.75 Å². The van der Waals surface area contributed by atoms with Gasteiger partial charge in [0.05, 0.1) is 35.4 Å². The fourth-order valence-corrected chi connectivity index (χ4v) is 5.12. The number of aromatic nitrogens is 3. The molecule has 9 heteroatoms. The van der Waals surface area contributed by atoms with Gasteiger partial charge in [-0.2, -0.15) is 0 Å². The number of piperazine rings is 1. The summed E-state index contributed by atoms with van der Waals surface area (Å²) in [6, 6.07) is 6.09. The minimum absolute atomic E-state index is 0.393. The van der Waals surface area contributed by atoms with E-state index in [-0.39, 0.29) is 0 Å². The molecule has 1 fully saturated rings. The van der Waals surface area contributed by atoms with Crippen molar-refractivity contribution in [2.24, 2.45) is 12.8 Å². The summed E-state index contributed by atoms with van der Waals surface area (Å²) in [6.45, 7) is 5.85. The maximum absolute atomic E-state index is 12.1. The Morgan fingerprint density at radius 1 is 1.15 bits per heavy atom. The lowest BCUT2D eigenvalue weighted by atomic mass is 9.92. The van der Waals surface area contributed by atoms with Gasteiger partial charge in [0.2, 0.25) is 5.95 Å². The normalized spacial score (nSPS) is 15.6. The SMILES string of the molecule is COc1c(Nc2ncc3c(n2)-c2c(c(C(N)=O)c(C)n2C)CC3)cccc1N1CCN(C)CC1. The minimum Gasteiger partial charge on any atom is -0.492 e. The van der Waals surface area contributed by atoms with Crippen molar-refractivity contribution in [2.45, 2.75) is 19.8 Å². The number of carbonyl (C=O) groups is 1. The van der Waals surface area contributed by atoms with E-state index < -0.39 is 5.91 Å². The molecule has 1 aliphatic heterocycles. The Morgan fingerprint density at radius 3 is 2.62 bits per heavy atom. The highest BCUT2D eigenvalue weighted by molar-refractivity contribution is 5.98. The number of primary amides is 1. The van der Waals surface area contributed by atoms with Gasteiger partial charge in [-0.05, 0) is 50.1 Å². The first-order valence-electron chi connectivity index (χ1n) is 11.6. The number of rotatable bonds is 5. The van der Waals surface area contributed by atoms with Crippen LogP contribution in [0.5, 0.6) is 5.75 Å². The fourth-order valence-electron chi connectivity index (χ4n) is 5.12. The van der Waals surface area contributed by atoms with Gasteiger partial charge < -0.3 is 30.2 Å². The summed E-state index contributed by atoms with van der Waals surface area (Å²) in [4.78, 5) is 26.3.